The fourth-order valence-electron chi connectivity index (χ4n) is 2.58. The number of aliphatic hydroxyl groups is 1. The van der Waals surface area contributed by atoms with Gasteiger partial charge in [0.25, 0.3) is 0 Å². The van der Waals surface area contributed by atoms with Crippen LogP contribution in [0.1, 0.15) is 31.4 Å². The van der Waals surface area contributed by atoms with Gasteiger partial charge in [-0.05, 0) is 32.4 Å². The maximum Gasteiger partial charge on any atom is 0.0942 e. The van der Waals surface area contributed by atoms with Crippen molar-refractivity contribution in [2.45, 2.75) is 38.0 Å². The summed E-state index contributed by atoms with van der Waals surface area (Å²) in [5.74, 6) is 0. The Balaban J connectivity index is 1.99. The first-order chi connectivity index (χ1) is 8.70. The standard InChI is InChI=1S/C15H23NO2/c1-12(15(17)13-6-4-3-5-7-13)16(2)14-8-10-18-11-9-14/h3-7,12,14-15,17H,8-11H2,1-2H3. The van der Waals surface area contributed by atoms with Gasteiger partial charge in [0.2, 0.25) is 0 Å². The van der Waals surface area contributed by atoms with Crippen molar-refractivity contribution in [2.24, 2.45) is 0 Å². The first-order valence-electron chi connectivity index (χ1n) is 6.73. The van der Waals surface area contributed by atoms with Crippen molar-refractivity contribution in [2.75, 3.05) is 20.3 Å². The molecule has 0 aliphatic carbocycles. The second kappa shape index (κ2) is 6.32. The van der Waals surface area contributed by atoms with Crippen LogP contribution in [0, 0.1) is 0 Å². The number of ether oxygens (including phenoxy) is 1. The summed E-state index contributed by atoms with van der Waals surface area (Å²) in [4.78, 5) is 2.29. The van der Waals surface area contributed by atoms with E-state index < -0.39 is 6.10 Å². The van der Waals surface area contributed by atoms with E-state index in [0.29, 0.717) is 6.04 Å². The molecule has 1 aromatic rings. The quantitative estimate of drug-likeness (QED) is 0.888. The lowest BCUT2D eigenvalue weighted by atomic mass is 9.99. The van der Waals surface area contributed by atoms with Gasteiger partial charge in [-0.2, -0.15) is 0 Å². The second-order valence-corrected chi connectivity index (χ2v) is 5.11. The van der Waals surface area contributed by atoms with E-state index in [1.807, 2.05) is 30.3 Å². The third-order valence-electron chi connectivity index (χ3n) is 4.01. The fourth-order valence-corrected chi connectivity index (χ4v) is 2.58. The number of hydrogen-bond acceptors (Lipinski definition) is 3. The van der Waals surface area contributed by atoms with Crippen molar-refractivity contribution < 1.29 is 9.84 Å². The zero-order valence-electron chi connectivity index (χ0n) is 11.2. The second-order valence-electron chi connectivity index (χ2n) is 5.11. The third-order valence-corrected chi connectivity index (χ3v) is 4.01. The lowest BCUT2D eigenvalue weighted by Gasteiger charge is -2.37. The van der Waals surface area contributed by atoms with Gasteiger partial charge in [-0.15, -0.1) is 0 Å². The molecule has 3 nitrogen and oxygen atoms in total. The van der Waals surface area contributed by atoms with E-state index in [1.54, 1.807) is 0 Å². The molecule has 2 atom stereocenters. The van der Waals surface area contributed by atoms with Crippen molar-refractivity contribution in [1.29, 1.82) is 0 Å². The van der Waals surface area contributed by atoms with Gasteiger partial charge in [0, 0.05) is 25.3 Å². The maximum absolute atomic E-state index is 10.4. The van der Waals surface area contributed by atoms with Crippen molar-refractivity contribution in [1.82, 2.24) is 4.90 Å². The monoisotopic (exact) mass is 249 g/mol. The van der Waals surface area contributed by atoms with E-state index >= 15 is 0 Å². The van der Waals surface area contributed by atoms with Gasteiger partial charge < -0.3 is 9.84 Å². The van der Waals surface area contributed by atoms with E-state index in [2.05, 4.69) is 18.9 Å². The SMILES string of the molecule is CC(C(O)c1ccccc1)N(C)C1CCOCC1. The molecule has 0 radical (unpaired) electrons. The molecule has 18 heavy (non-hydrogen) atoms. The highest BCUT2D eigenvalue weighted by Crippen LogP contribution is 2.24. The summed E-state index contributed by atoms with van der Waals surface area (Å²) in [7, 11) is 2.10. The predicted octanol–water partition coefficient (Wildman–Crippen LogP) is 2.22. The highest BCUT2D eigenvalue weighted by molar-refractivity contribution is 5.18. The first kappa shape index (κ1) is 13.5. The summed E-state index contributed by atoms with van der Waals surface area (Å²) in [6.07, 6.45) is 1.68. The summed E-state index contributed by atoms with van der Waals surface area (Å²) in [5, 5.41) is 10.4. The highest BCUT2D eigenvalue weighted by atomic mass is 16.5. The van der Waals surface area contributed by atoms with Gasteiger partial charge in [-0.1, -0.05) is 30.3 Å². The van der Waals surface area contributed by atoms with Gasteiger partial charge in [0.05, 0.1) is 6.10 Å². The molecular weight excluding hydrogens is 226 g/mol. The van der Waals surface area contributed by atoms with Gasteiger partial charge in [-0.3, -0.25) is 4.90 Å². The highest BCUT2D eigenvalue weighted by Gasteiger charge is 2.27. The Bertz CT molecular complexity index is 349. The molecule has 0 saturated carbocycles. The maximum atomic E-state index is 10.4. The van der Waals surface area contributed by atoms with Crippen LogP contribution in [0.25, 0.3) is 0 Å². The number of rotatable bonds is 4. The first-order valence-corrected chi connectivity index (χ1v) is 6.73. The fraction of sp³-hybridized carbons (Fsp3) is 0.600. The van der Waals surface area contributed by atoms with Gasteiger partial charge in [0.1, 0.15) is 0 Å². The molecule has 1 N–H and O–H groups in total. The topological polar surface area (TPSA) is 32.7 Å². The van der Waals surface area contributed by atoms with E-state index in [4.69, 9.17) is 4.74 Å². The van der Waals surface area contributed by atoms with Crippen LogP contribution < -0.4 is 0 Å². The van der Waals surface area contributed by atoms with Crippen LogP contribution in [0.2, 0.25) is 0 Å². The predicted molar refractivity (Wildman–Crippen MR) is 72.5 cm³/mol. The molecule has 100 valence electrons. The molecule has 0 aromatic heterocycles. The molecule has 1 fully saturated rings. The number of hydrogen-bond donors (Lipinski definition) is 1. The molecule has 2 unspecified atom stereocenters. The molecule has 0 amide bonds. The Morgan fingerprint density at radius 3 is 2.44 bits per heavy atom. The molecule has 2 rings (SSSR count). The Morgan fingerprint density at radius 1 is 1.22 bits per heavy atom. The average molecular weight is 249 g/mol. The summed E-state index contributed by atoms with van der Waals surface area (Å²) >= 11 is 0. The van der Waals surface area contributed by atoms with Crippen molar-refractivity contribution >= 4 is 0 Å². The lowest BCUT2D eigenvalue weighted by Crippen LogP contribution is -2.44. The molecule has 0 bridgehead atoms. The smallest absolute Gasteiger partial charge is 0.0942 e. The average Bonchev–Trinajstić information content (AvgIpc) is 2.47. The van der Waals surface area contributed by atoms with Crippen LogP contribution in [0.15, 0.2) is 30.3 Å². The minimum atomic E-state index is -0.431. The summed E-state index contributed by atoms with van der Waals surface area (Å²) in [6.45, 7) is 3.76. The van der Waals surface area contributed by atoms with E-state index in [1.165, 1.54) is 0 Å². The van der Waals surface area contributed by atoms with Crippen LogP contribution in [-0.4, -0.2) is 42.4 Å². The molecule has 1 aliphatic rings. The molecule has 1 aromatic carbocycles. The largest absolute Gasteiger partial charge is 0.387 e. The Hall–Kier alpha value is -0.900. The number of benzene rings is 1. The van der Waals surface area contributed by atoms with Crippen LogP contribution in [0.5, 0.6) is 0 Å². The zero-order chi connectivity index (χ0) is 13.0. The van der Waals surface area contributed by atoms with Gasteiger partial charge in [-0.25, -0.2) is 0 Å². The molecule has 1 heterocycles. The molecule has 1 aliphatic heterocycles. The Morgan fingerprint density at radius 2 is 1.83 bits per heavy atom. The van der Waals surface area contributed by atoms with Crippen molar-refractivity contribution in [3.05, 3.63) is 35.9 Å². The minimum absolute atomic E-state index is 0.121. The molecule has 1 saturated heterocycles. The third kappa shape index (κ3) is 3.10. The van der Waals surface area contributed by atoms with Crippen LogP contribution in [0.3, 0.4) is 0 Å². The Labute approximate surface area is 109 Å². The molecule has 3 heteroatoms. The van der Waals surface area contributed by atoms with Gasteiger partial charge in [0.15, 0.2) is 0 Å². The number of aliphatic hydroxyl groups excluding tert-OH is 1. The van der Waals surface area contributed by atoms with Gasteiger partial charge >= 0.3 is 0 Å². The van der Waals surface area contributed by atoms with E-state index in [-0.39, 0.29) is 6.04 Å². The lowest BCUT2D eigenvalue weighted by molar-refractivity contribution is -0.00196. The molecule has 0 spiro atoms. The number of nitrogens with zero attached hydrogens (tertiary/aromatic N) is 1. The van der Waals surface area contributed by atoms with E-state index in [0.717, 1.165) is 31.6 Å². The normalized spacial score (nSPS) is 20.9. The summed E-state index contributed by atoms with van der Waals surface area (Å²) < 4.78 is 5.39. The van der Waals surface area contributed by atoms with Crippen molar-refractivity contribution in [3.8, 4) is 0 Å². The summed E-state index contributed by atoms with van der Waals surface area (Å²) in [5.41, 5.74) is 0.990. The number of likely N-dealkylation sites (N-methyl/N-ethyl adjacent to an activating group) is 1. The van der Waals surface area contributed by atoms with Crippen LogP contribution in [0.4, 0.5) is 0 Å². The van der Waals surface area contributed by atoms with Crippen LogP contribution >= 0.6 is 0 Å². The summed E-state index contributed by atoms with van der Waals surface area (Å²) in [6, 6.07) is 10.5. The zero-order valence-corrected chi connectivity index (χ0v) is 11.2. The van der Waals surface area contributed by atoms with Crippen molar-refractivity contribution in [3.63, 3.8) is 0 Å². The minimum Gasteiger partial charge on any atom is -0.387 e. The van der Waals surface area contributed by atoms with E-state index in [9.17, 15) is 5.11 Å². The Kier molecular flexibility index (Phi) is 4.75. The molecular formula is C15H23NO2. The van der Waals surface area contributed by atoms with Crippen LogP contribution in [-0.2, 0) is 4.74 Å².